The highest BCUT2D eigenvalue weighted by Crippen LogP contribution is 2.24. The van der Waals surface area contributed by atoms with Gasteiger partial charge in [0, 0.05) is 11.3 Å². The van der Waals surface area contributed by atoms with Crippen LogP contribution in [0, 0.1) is 5.82 Å². The monoisotopic (exact) mass is 295 g/mol. The molecular formula is C14H14FNO3S. The number of hydrogen-bond acceptors (Lipinski definition) is 4. The zero-order chi connectivity index (χ0) is 14.7. The number of hydrogen-bond donors (Lipinski definition) is 1. The molecule has 0 atom stereocenters. The predicted molar refractivity (Wildman–Crippen MR) is 73.9 cm³/mol. The van der Waals surface area contributed by atoms with E-state index in [2.05, 4.69) is 4.98 Å². The minimum absolute atomic E-state index is 0.0107. The van der Waals surface area contributed by atoms with Crippen molar-refractivity contribution in [2.45, 2.75) is 26.4 Å². The number of carboxylic acids is 1. The fourth-order valence-electron chi connectivity index (χ4n) is 1.64. The minimum atomic E-state index is -1.35. The van der Waals surface area contributed by atoms with E-state index in [9.17, 15) is 9.18 Å². The van der Waals surface area contributed by atoms with Gasteiger partial charge in [-0.1, -0.05) is 19.9 Å². The first-order valence-electron chi connectivity index (χ1n) is 6.08. The van der Waals surface area contributed by atoms with Gasteiger partial charge in [0.05, 0.1) is 10.7 Å². The number of halogens is 1. The van der Waals surface area contributed by atoms with Gasteiger partial charge >= 0.3 is 5.97 Å². The maximum atomic E-state index is 13.5. The molecule has 0 amide bonds. The van der Waals surface area contributed by atoms with Crippen LogP contribution in [0.25, 0.3) is 0 Å². The Morgan fingerprint density at radius 2 is 2.25 bits per heavy atom. The number of benzene rings is 1. The number of thiazole rings is 1. The molecule has 1 aromatic heterocycles. The lowest BCUT2D eigenvalue weighted by Crippen LogP contribution is -2.06. The average Bonchev–Trinajstić information content (AvgIpc) is 2.84. The van der Waals surface area contributed by atoms with E-state index in [0.29, 0.717) is 11.6 Å². The van der Waals surface area contributed by atoms with Crippen LogP contribution in [-0.2, 0) is 6.61 Å². The predicted octanol–water partition coefficient (Wildman–Crippen LogP) is 3.68. The van der Waals surface area contributed by atoms with Crippen molar-refractivity contribution in [3.63, 3.8) is 0 Å². The maximum Gasteiger partial charge on any atom is 0.342 e. The van der Waals surface area contributed by atoms with Crippen LogP contribution in [-0.4, -0.2) is 16.1 Å². The largest absolute Gasteiger partial charge is 0.486 e. The molecular weight excluding hydrogens is 281 g/mol. The molecule has 0 saturated carbocycles. The lowest BCUT2D eigenvalue weighted by atomic mass is 10.2. The van der Waals surface area contributed by atoms with Crippen molar-refractivity contribution in [1.82, 2.24) is 4.98 Å². The van der Waals surface area contributed by atoms with Crippen LogP contribution in [0.2, 0.25) is 0 Å². The fourth-order valence-corrected chi connectivity index (χ4v) is 2.46. The van der Waals surface area contributed by atoms with Gasteiger partial charge in [-0.25, -0.2) is 14.2 Å². The van der Waals surface area contributed by atoms with Crippen LogP contribution in [0.1, 0.15) is 40.8 Å². The summed E-state index contributed by atoms with van der Waals surface area (Å²) in [4.78, 5) is 15.4. The SMILES string of the molecule is CC(C)c1nc(COc2cccc(F)c2C(=O)O)cs1. The molecule has 1 heterocycles. The van der Waals surface area contributed by atoms with Crippen LogP contribution < -0.4 is 4.74 Å². The van der Waals surface area contributed by atoms with Crippen LogP contribution in [0.15, 0.2) is 23.6 Å². The second-order valence-electron chi connectivity index (χ2n) is 4.54. The summed E-state index contributed by atoms with van der Waals surface area (Å²) in [5.41, 5.74) is 0.256. The second kappa shape index (κ2) is 6.00. The standard InChI is InChI=1S/C14H14FNO3S/c1-8(2)13-16-9(7-20-13)6-19-11-5-3-4-10(15)12(11)14(17)18/h3-5,7-8H,6H2,1-2H3,(H,17,18). The first-order chi connectivity index (χ1) is 9.49. The smallest absolute Gasteiger partial charge is 0.342 e. The molecule has 0 aliphatic carbocycles. The second-order valence-corrected chi connectivity index (χ2v) is 5.43. The zero-order valence-corrected chi connectivity index (χ0v) is 11.9. The number of carbonyl (C=O) groups is 1. The molecule has 1 N–H and O–H groups in total. The zero-order valence-electron chi connectivity index (χ0n) is 11.1. The van der Waals surface area contributed by atoms with Crippen molar-refractivity contribution >= 4 is 17.3 Å². The van der Waals surface area contributed by atoms with E-state index >= 15 is 0 Å². The summed E-state index contributed by atoms with van der Waals surface area (Å²) in [5.74, 6) is -1.82. The number of nitrogens with zero attached hydrogens (tertiary/aromatic N) is 1. The van der Waals surface area contributed by atoms with E-state index < -0.39 is 17.3 Å². The van der Waals surface area contributed by atoms with E-state index in [0.717, 1.165) is 11.1 Å². The van der Waals surface area contributed by atoms with Crippen molar-refractivity contribution in [2.24, 2.45) is 0 Å². The molecule has 2 rings (SSSR count). The highest BCUT2D eigenvalue weighted by Gasteiger charge is 2.17. The lowest BCUT2D eigenvalue weighted by molar-refractivity contribution is 0.0686. The quantitative estimate of drug-likeness (QED) is 0.914. The first kappa shape index (κ1) is 14.5. The fraction of sp³-hybridized carbons (Fsp3) is 0.286. The number of carboxylic acid groups (broad SMARTS) is 1. The Hall–Kier alpha value is -1.95. The molecule has 2 aromatic rings. The number of rotatable bonds is 5. The molecule has 1 aromatic carbocycles. The van der Waals surface area contributed by atoms with Crippen LogP contribution in [0.5, 0.6) is 5.75 Å². The third kappa shape index (κ3) is 3.14. The van der Waals surface area contributed by atoms with Crippen molar-refractivity contribution in [3.05, 3.63) is 45.7 Å². The Bertz CT molecular complexity index is 625. The maximum absolute atomic E-state index is 13.5. The molecule has 0 saturated heterocycles. The van der Waals surface area contributed by atoms with Crippen molar-refractivity contribution in [2.75, 3.05) is 0 Å². The molecule has 106 valence electrons. The molecule has 0 fully saturated rings. The number of aromatic carboxylic acids is 1. The Morgan fingerprint density at radius 3 is 2.85 bits per heavy atom. The van der Waals surface area contributed by atoms with E-state index in [1.807, 2.05) is 19.2 Å². The molecule has 6 heteroatoms. The lowest BCUT2D eigenvalue weighted by Gasteiger charge is -2.08. The normalized spacial score (nSPS) is 10.8. The molecule has 0 spiro atoms. The molecule has 0 aliphatic rings. The summed E-state index contributed by atoms with van der Waals surface area (Å²) < 4.78 is 18.8. The van der Waals surface area contributed by atoms with Gasteiger partial charge in [-0.15, -0.1) is 11.3 Å². The van der Waals surface area contributed by atoms with Crippen LogP contribution >= 0.6 is 11.3 Å². The first-order valence-corrected chi connectivity index (χ1v) is 6.96. The molecule has 0 aliphatic heterocycles. The summed E-state index contributed by atoms with van der Waals surface area (Å²) in [5, 5.41) is 11.8. The van der Waals surface area contributed by atoms with Crippen molar-refractivity contribution in [1.29, 1.82) is 0 Å². The van der Waals surface area contributed by atoms with Gasteiger partial charge in [-0.2, -0.15) is 0 Å². The third-order valence-electron chi connectivity index (χ3n) is 2.63. The molecule has 20 heavy (non-hydrogen) atoms. The average molecular weight is 295 g/mol. The number of aromatic nitrogens is 1. The van der Waals surface area contributed by atoms with E-state index in [-0.39, 0.29) is 12.4 Å². The van der Waals surface area contributed by atoms with Gasteiger partial charge < -0.3 is 9.84 Å². The summed E-state index contributed by atoms with van der Waals surface area (Å²) in [6.45, 7) is 4.20. The highest BCUT2D eigenvalue weighted by molar-refractivity contribution is 7.09. The van der Waals surface area contributed by atoms with E-state index in [4.69, 9.17) is 9.84 Å². The van der Waals surface area contributed by atoms with Crippen molar-refractivity contribution in [3.8, 4) is 5.75 Å². The number of ether oxygens (including phenoxy) is 1. The summed E-state index contributed by atoms with van der Waals surface area (Å²) in [7, 11) is 0. The highest BCUT2D eigenvalue weighted by atomic mass is 32.1. The third-order valence-corrected chi connectivity index (χ3v) is 3.82. The summed E-state index contributed by atoms with van der Waals surface area (Å²) >= 11 is 1.52. The van der Waals surface area contributed by atoms with Crippen LogP contribution in [0.3, 0.4) is 0 Å². The Kier molecular flexibility index (Phi) is 4.34. The molecule has 4 nitrogen and oxygen atoms in total. The van der Waals surface area contributed by atoms with Gasteiger partial charge in [0.15, 0.2) is 0 Å². The van der Waals surface area contributed by atoms with Crippen molar-refractivity contribution < 1.29 is 19.0 Å². The Labute approximate surface area is 119 Å². The van der Waals surface area contributed by atoms with E-state index in [1.54, 1.807) is 0 Å². The van der Waals surface area contributed by atoms with Crippen LogP contribution in [0.4, 0.5) is 4.39 Å². The molecule has 0 bridgehead atoms. The van der Waals surface area contributed by atoms with Gasteiger partial charge in [-0.3, -0.25) is 0 Å². The minimum Gasteiger partial charge on any atom is -0.486 e. The van der Waals surface area contributed by atoms with Gasteiger partial charge in [0.25, 0.3) is 0 Å². The Balaban J connectivity index is 2.14. The molecule has 0 radical (unpaired) electrons. The van der Waals surface area contributed by atoms with Gasteiger partial charge in [0.2, 0.25) is 0 Å². The summed E-state index contributed by atoms with van der Waals surface area (Å²) in [6.07, 6.45) is 0. The summed E-state index contributed by atoms with van der Waals surface area (Å²) in [6, 6.07) is 3.94. The molecule has 0 unspecified atom stereocenters. The Morgan fingerprint density at radius 1 is 1.50 bits per heavy atom. The van der Waals surface area contributed by atoms with Gasteiger partial charge in [0.1, 0.15) is 23.7 Å². The van der Waals surface area contributed by atoms with E-state index in [1.165, 1.54) is 23.5 Å². The van der Waals surface area contributed by atoms with Gasteiger partial charge in [-0.05, 0) is 12.1 Å². The topological polar surface area (TPSA) is 59.4 Å².